The minimum absolute atomic E-state index is 0.116. The van der Waals surface area contributed by atoms with Crippen LogP contribution >= 0.6 is 0 Å². The summed E-state index contributed by atoms with van der Waals surface area (Å²) in [5.41, 5.74) is 7.36. The van der Waals surface area contributed by atoms with Crippen molar-refractivity contribution in [3.8, 4) is 11.4 Å². The van der Waals surface area contributed by atoms with Gasteiger partial charge in [0, 0.05) is 18.4 Å². The maximum Gasteiger partial charge on any atom is 0.181 e. The summed E-state index contributed by atoms with van der Waals surface area (Å²) in [4.78, 5) is 4.26. The Morgan fingerprint density at radius 1 is 1.47 bits per heavy atom. The van der Waals surface area contributed by atoms with Gasteiger partial charge in [-0.15, -0.1) is 0 Å². The molecule has 0 saturated heterocycles. The summed E-state index contributed by atoms with van der Waals surface area (Å²) in [5.74, 6) is 0.681. The van der Waals surface area contributed by atoms with Crippen LogP contribution in [0.3, 0.4) is 0 Å². The summed E-state index contributed by atoms with van der Waals surface area (Å²) in [7, 11) is 1.68. The van der Waals surface area contributed by atoms with Crippen LogP contribution < -0.4 is 5.73 Å². The fraction of sp³-hybridized carbons (Fsp3) is 0.333. The van der Waals surface area contributed by atoms with Crippen molar-refractivity contribution in [3.63, 3.8) is 0 Å². The zero-order chi connectivity index (χ0) is 12.3. The quantitative estimate of drug-likeness (QED) is 0.812. The van der Waals surface area contributed by atoms with Gasteiger partial charge in [-0.1, -0.05) is 12.1 Å². The molecule has 2 rings (SSSR count). The predicted octanol–water partition coefficient (Wildman–Crippen LogP) is 1.56. The Hall–Kier alpha value is -1.88. The lowest BCUT2D eigenvalue weighted by Crippen LogP contribution is -2.14. The van der Waals surface area contributed by atoms with Crippen LogP contribution in [0.4, 0.5) is 5.69 Å². The van der Waals surface area contributed by atoms with Gasteiger partial charge < -0.3 is 10.5 Å². The van der Waals surface area contributed by atoms with E-state index in [2.05, 4.69) is 10.1 Å². The number of nitrogens with two attached hydrogens (primary N) is 1. The molecule has 5 nitrogen and oxygen atoms in total. The monoisotopic (exact) mass is 232 g/mol. The van der Waals surface area contributed by atoms with E-state index in [9.17, 15) is 0 Å². The molecule has 1 aromatic carbocycles. The van der Waals surface area contributed by atoms with Crippen LogP contribution in [0.25, 0.3) is 11.4 Å². The van der Waals surface area contributed by atoms with Crippen molar-refractivity contribution in [3.05, 3.63) is 30.6 Å². The second-order valence-corrected chi connectivity index (χ2v) is 3.96. The molecule has 1 aromatic heterocycles. The minimum Gasteiger partial charge on any atom is -0.399 e. The SMILES string of the molecule is COC(C)Cn1cnc(-c2cccc(N)c2)n1. The Bertz CT molecular complexity index is 495. The average molecular weight is 232 g/mol. The summed E-state index contributed by atoms with van der Waals surface area (Å²) in [6.45, 7) is 2.67. The van der Waals surface area contributed by atoms with E-state index in [-0.39, 0.29) is 6.10 Å². The molecule has 5 heteroatoms. The standard InChI is InChI=1S/C12H16N4O/c1-9(17-2)7-16-8-14-12(15-16)10-4-3-5-11(13)6-10/h3-6,8-9H,7,13H2,1-2H3. The van der Waals surface area contributed by atoms with Gasteiger partial charge in [-0.05, 0) is 19.1 Å². The predicted molar refractivity (Wildman–Crippen MR) is 66.3 cm³/mol. The number of methoxy groups -OCH3 is 1. The molecule has 17 heavy (non-hydrogen) atoms. The first-order chi connectivity index (χ1) is 8.19. The largest absolute Gasteiger partial charge is 0.399 e. The average Bonchev–Trinajstić information content (AvgIpc) is 2.77. The van der Waals surface area contributed by atoms with E-state index in [1.807, 2.05) is 31.2 Å². The van der Waals surface area contributed by atoms with Gasteiger partial charge in [0.15, 0.2) is 5.82 Å². The highest BCUT2D eigenvalue weighted by Crippen LogP contribution is 2.16. The van der Waals surface area contributed by atoms with Gasteiger partial charge in [-0.3, -0.25) is 0 Å². The third-order valence-electron chi connectivity index (χ3n) is 2.53. The number of ether oxygens (including phenoxy) is 1. The van der Waals surface area contributed by atoms with E-state index in [1.165, 1.54) is 0 Å². The zero-order valence-corrected chi connectivity index (χ0v) is 10.00. The van der Waals surface area contributed by atoms with Gasteiger partial charge in [0.05, 0.1) is 12.6 Å². The van der Waals surface area contributed by atoms with E-state index in [4.69, 9.17) is 10.5 Å². The molecule has 0 spiro atoms. The first kappa shape index (κ1) is 11.6. The zero-order valence-electron chi connectivity index (χ0n) is 10.00. The summed E-state index contributed by atoms with van der Waals surface area (Å²) >= 11 is 0. The van der Waals surface area contributed by atoms with Crippen molar-refractivity contribution >= 4 is 5.69 Å². The van der Waals surface area contributed by atoms with Gasteiger partial charge in [-0.2, -0.15) is 5.10 Å². The molecule has 0 fully saturated rings. The van der Waals surface area contributed by atoms with E-state index in [0.717, 1.165) is 5.56 Å². The molecule has 1 unspecified atom stereocenters. The first-order valence-corrected chi connectivity index (χ1v) is 5.47. The number of hydrogen-bond donors (Lipinski definition) is 1. The van der Waals surface area contributed by atoms with Crippen LogP contribution in [0, 0.1) is 0 Å². The number of anilines is 1. The normalized spacial score (nSPS) is 12.6. The molecular formula is C12H16N4O. The molecule has 1 atom stereocenters. The highest BCUT2D eigenvalue weighted by molar-refractivity contribution is 5.60. The number of nitrogen functional groups attached to an aromatic ring is 1. The fourth-order valence-corrected chi connectivity index (χ4v) is 1.53. The van der Waals surface area contributed by atoms with Crippen molar-refractivity contribution in [1.29, 1.82) is 0 Å². The summed E-state index contributed by atoms with van der Waals surface area (Å²) < 4.78 is 6.95. The molecule has 0 radical (unpaired) electrons. The van der Waals surface area contributed by atoms with Crippen molar-refractivity contribution in [2.45, 2.75) is 19.6 Å². The summed E-state index contributed by atoms with van der Waals surface area (Å²) in [6, 6.07) is 7.53. The third-order valence-corrected chi connectivity index (χ3v) is 2.53. The highest BCUT2D eigenvalue weighted by Gasteiger charge is 2.06. The molecule has 1 heterocycles. The Morgan fingerprint density at radius 3 is 3.00 bits per heavy atom. The molecule has 90 valence electrons. The number of hydrogen-bond acceptors (Lipinski definition) is 4. The van der Waals surface area contributed by atoms with Crippen LogP contribution in [-0.4, -0.2) is 28.0 Å². The molecule has 0 aliphatic heterocycles. The highest BCUT2D eigenvalue weighted by atomic mass is 16.5. The lowest BCUT2D eigenvalue weighted by atomic mass is 10.2. The summed E-state index contributed by atoms with van der Waals surface area (Å²) in [5, 5.41) is 4.38. The van der Waals surface area contributed by atoms with Gasteiger partial charge in [0.1, 0.15) is 6.33 Å². The first-order valence-electron chi connectivity index (χ1n) is 5.47. The number of rotatable bonds is 4. The number of nitrogens with zero attached hydrogens (tertiary/aromatic N) is 3. The molecule has 0 amide bonds. The van der Waals surface area contributed by atoms with Crippen LogP contribution in [0.1, 0.15) is 6.92 Å². The maximum absolute atomic E-state index is 5.72. The van der Waals surface area contributed by atoms with Crippen LogP contribution in [-0.2, 0) is 11.3 Å². The van der Waals surface area contributed by atoms with E-state index in [1.54, 1.807) is 18.1 Å². The maximum atomic E-state index is 5.72. The fourth-order valence-electron chi connectivity index (χ4n) is 1.53. The van der Waals surface area contributed by atoms with Crippen molar-refractivity contribution in [2.24, 2.45) is 0 Å². The van der Waals surface area contributed by atoms with Crippen LogP contribution in [0.15, 0.2) is 30.6 Å². The van der Waals surface area contributed by atoms with Gasteiger partial charge >= 0.3 is 0 Å². The Morgan fingerprint density at radius 2 is 2.29 bits per heavy atom. The smallest absolute Gasteiger partial charge is 0.181 e. The second-order valence-electron chi connectivity index (χ2n) is 3.96. The molecular weight excluding hydrogens is 216 g/mol. The van der Waals surface area contributed by atoms with Crippen molar-refractivity contribution < 1.29 is 4.74 Å². The third kappa shape index (κ3) is 2.82. The van der Waals surface area contributed by atoms with E-state index < -0.39 is 0 Å². The molecule has 2 aromatic rings. The molecule has 0 bridgehead atoms. The minimum atomic E-state index is 0.116. The molecule has 2 N–H and O–H groups in total. The summed E-state index contributed by atoms with van der Waals surface area (Å²) in [6.07, 6.45) is 1.82. The Kier molecular flexibility index (Phi) is 3.39. The molecule has 0 aliphatic carbocycles. The van der Waals surface area contributed by atoms with Gasteiger partial charge in [0.2, 0.25) is 0 Å². The number of aromatic nitrogens is 3. The van der Waals surface area contributed by atoms with Crippen molar-refractivity contribution in [2.75, 3.05) is 12.8 Å². The lowest BCUT2D eigenvalue weighted by molar-refractivity contribution is 0.0998. The number of benzene rings is 1. The molecule has 0 aliphatic rings. The van der Waals surface area contributed by atoms with Crippen molar-refractivity contribution in [1.82, 2.24) is 14.8 Å². The van der Waals surface area contributed by atoms with Crippen LogP contribution in [0.2, 0.25) is 0 Å². The van der Waals surface area contributed by atoms with E-state index in [0.29, 0.717) is 18.1 Å². The molecule has 0 saturated carbocycles. The van der Waals surface area contributed by atoms with Crippen LogP contribution in [0.5, 0.6) is 0 Å². The van der Waals surface area contributed by atoms with E-state index >= 15 is 0 Å². The lowest BCUT2D eigenvalue weighted by Gasteiger charge is -2.07. The van der Waals surface area contributed by atoms with Gasteiger partial charge in [-0.25, -0.2) is 9.67 Å². The van der Waals surface area contributed by atoms with Gasteiger partial charge in [0.25, 0.3) is 0 Å². The Balaban J connectivity index is 2.18. The topological polar surface area (TPSA) is 66.0 Å². The second kappa shape index (κ2) is 4.97. The Labute approximate surface area is 100 Å².